The van der Waals surface area contributed by atoms with E-state index < -0.39 is 6.16 Å². The van der Waals surface area contributed by atoms with Crippen LogP contribution in [0.1, 0.15) is 30.1 Å². The fourth-order valence-corrected chi connectivity index (χ4v) is 1.34. The van der Waals surface area contributed by atoms with E-state index in [1.54, 1.807) is 31.2 Å². The second-order valence-electron chi connectivity index (χ2n) is 3.74. The number of unbranched alkanes of at least 4 members (excludes halogenated alkanes) is 1. The minimum absolute atomic E-state index is 0.266. The third-order valence-electron chi connectivity index (χ3n) is 2.26. The first-order valence-corrected chi connectivity index (χ1v) is 6.25. The van der Waals surface area contributed by atoms with E-state index in [2.05, 4.69) is 4.74 Å². The van der Waals surface area contributed by atoms with E-state index in [9.17, 15) is 9.59 Å². The highest BCUT2D eigenvalue weighted by molar-refractivity contribution is 5.89. The summed E-state index contributed by atoms with van der Waals surface area (Å²) in [6, 6.07) is 8.80. The lowest BCUT2D eigenvalue weighted by Gasteiger charge is -2.05. The zero-order valence-corrected chi connectivity index (χ0v) is 11.0. The number of hydrogen-bond donors (Lipinski definition) is 0. The van der Waals surface area contributed by atoms with Crippen molar-refractivity contribution in [3.8, 4) is 0 Å². The number of ether oxygens (including phenoxy) is 3. The molecule has 1 aromatic carbocycles. The fraction of sp³-hybridized carbons (Fsp3) is 0.429. The van der Waals surface area contributed by atoms with Gasteiger partial charge in [0.05, 0.1) is 25.4 Å². The molecule has 0 aliphatic rings. The number of carbonyl (C=O) groups excluding carboxylic acids is 2. The monoisotopic (exact) mass is 266 g/mol. The van der Waals surface area contributed by atoms with Gasteiger partial charge in [-0.3, -0.25) is 0 Å². The Morgan fingerprint density at radius 3 is 2.21 bits per heavy atom. The highest BCUT2D eigenvalue weighted by Gasteiger charge is 2.05. The van der Waals surface area contributed by atoms with Crippen molar-refractivity contribution in [1.82, 2.24) is 0 Å². The van der Waals surface area contributed by atoms with E-state index in [1.807, 2.05) is 6.07 Å². The second kappa shape index (κ2) is 8.97. The third kappa shape index (κ3) is 6.45. The average molecular weight is 266 g/mol. The topological polar surface area (TPSA) is 61.8 Å². The lowest BCUT2D eigenvalue weighted by molar-refractivity contribution is 0.0446. The van der Waals surface area contributed by atoms with E-state index >= 15 is 0 Å². The first-order valence-electron chi connectivity index (χ1n) is 6.25. The standard InChI is InChI=1S/C14H18O5/c1-2-17-14(16)19-11-7-6-10-18-13(15)12-8-4-3-5-9-12/h3-5,8-9H,2,6-7,10-11H2,1H3. The summed E-state index contributed by atoms with van der Waals surface area (Å²) in [5.74, 6) is -0.341. The van der Waals surface area contributed by atoms with Gasteiger partial charge in [0.25, 0.3) is 0 Å². The summed E-state index contributed by atoms with van der Waals surface area (Å²) in [5.41, 5.74) is 0.533. The van der Waals surface area contributed by atoms with Crippen LogP contribution in [0.15, 0.2) is 30.3 Å². The van der Waals surface area contributed by atoms with Gasteiger partial charge >= 0.3 is 12.1 Å². The van der Waals surface area contributed by atoms with Gasteiger partial charge in [-0.25, -0.2) is 9.59 Å². The fourth-order valence-electron chi connectivity index (χ4n) is 1.34. The Bertz CT molecular complexity index is 388. The molecule has 0 unspecified atom stereocenters. The number of rotatable bonds is 7. The number of carbonyl (C=O) groups is 2. The van der Waals surface area contributed by atoms with Gasteiger partial charge in [-0.05, 0) is 31.9 Å². The van der Waals surface area contributed by atoms with Gasteiger partial charge in [-0.15, -0.1) is 0 Å². The molecule has 5 heteroatoms. The molecule has 0 amide bonds. The Morgan fingerprint density at radius 1 is 0.947 bits per heavy atom. The van der Waals surface area contributed by atoms with Crippen molar-refractivity contribution < 1.29 is 23.8 Å². The Hall–Kier alpha value is -2.04. The molecule has 0 N–H and O–H groups in total. The SMILES string of the molecule is CCOC(=O)OCCCCOC(=O)c1ccccc1. The first kappa shape index (κ1) is 15.0. The van der Waals surface area contributed by atoms with Gasteiger partial charge in [-0.1, -0.05) is 18.2 Å². The van der Waals surface area contributed by atoms with Gasteiger partial charge in [-0.2, -0.15) is 0 Å². The summed E-state index contributed by atoms with van der Waals surface area (Å²) < 4.78 is 14.4. The molecule has 0 saturated carbocycles. The molecule has 0 heterocycles. The average Bonchev–Trinajstić information content (AvgIpc) is 2.43. The van der Waals surface area contributed by atoms with Gasteiger partial charge in [0, 0.05) is 0 Å². The van der Waals surface area contributed by atoms with Crippen LogP contribution in [-0.4, -0.2) is 31.9 Å². The molecule has 0 atom stereocenters. The molecule has 0 bridgehead atoms. The molecular formula is C14H18O5. The summed E-state index contributed by atoms with van der Waals surface area (Å²) in [5, 5.41) is 0. The van der Waals surface area contributed by atoms with Crippen molar-refractivity contribution in [1.29, 1.82) is 0 Å². The van der Waals surface area contributed by atoms with E-state index in [0.717, 1.165) is 0 Å². The quantitative estimate of drug-likeness (QED) is 0.561. The predicted molar refractivity (Wildman–Crippen MR) is 68.9 cm³/mol. The summed E-state index contributed by atoms with van der Waals surface area (Å²) in [6.45, 7) is 2.58. The molecule has 5 nitrogen and oxygen atoms in total. The summed E-state index contributed by atoms with van der Waals surface area (Å²) >= 11 is 0. The first-order chi connectivity index (χ1) is 9.24. The summed E-state index contributed by atoms with van der Waals surface area (Å²) in [4.78, 5) is 22.4. The van der Waals surface area contributed by atoms with Crippen LogP contribution in [0.5, 0.6) is 0 Å². The van der Waals surface area contributed by atoms with E-state index in [0.29, 0.717) is 31.6 Å². The molecule has 1 rings (SSSR count). The molecule has 0 aliphatic carbocycles. The second-order valence-corrected chi connectivity index (χ2v) is 3.74. The van der Waals surface area contributed by atoms with Crippen LogP contribution >= 0.6 is 0 Å². The molecule has 0 radical (unpaired) electrons. The Balaban J connectivity index is 2.05. The van der Waals surface area contributed by atoms with E-state index in [4.69, 9.17) is 9.47 Å². The Morgan fingerprint density at radius 2 is 1.58 bits per heavy atom. The maximum absolute atomic E-state index is 11.5. The highest BCUT2D eigenvalue weighted by Crippen LogP contribution is 2.02. The van der Waals surface area contributed by atoms with Crippen molar-refractivity contribution >= 4 is 12.1 Å². The smallest absolute Gasteiger partial charge is 0.462 e. The lowest BCUT2D eigenvalue weighted by Crippen LogP contribution is -2.10. The third-order valence-corrected chi connectivity index (χ3v) is 2.26. The normalized spacial score (nSPS) is 9.74. The largest absolute Gasteiger partial charge is 0.508 e. The van der Waals surface area contributed by atoms with Gasteiger partial charge in [0.1, 0.15) is 0 Å². The van der Waals surface area contributed by atoms with Crippen LogP contribution in [0.2, 0.25) is 0 Å². The molecule has 19 heavy (non-hydrogen) atoms. The number of benzene rings is 1. The van der Waals surface area contributed by atoms with Crippen molar-refractivity contribution in [2.24, 2.45) is 0 Å². The van der Waals surface area contributed by atoms with Crippen molar-refractivity contribution in [3.63, 3.8) is 0 Å². The molecule has 0 spiro atoms. The minimum Gasteiger partial charge on any atom is -0.462 e. The Kier molecular flexibility index (Phi) is 7.09. The molecule has 0 saturated heterocycles. The minimum atomic E-state index is -0.663. The van der Waals surface area contributed by atoms with Crippen LogP contribution < -0.4 is 0 Å². The zero-order chi connectivity index (χ0) is 13.9. The molecule has 0 aromatic heterocycles. The van der Waals surface area contributed by atoms with Crippen molar-refractivity contribution in [2.75, 3.05) is 19.8 Å². The van der Waals surface area contributed by atoms with Crippen molar-refractivity contribution in [2.45, 2.75) is 19.8 Å². The van der Waals surface area contributed by atoms with E-state index in [1.165, 1.54) is 0 Å². The molecule has 1 aromatic rings. The predicted octanol–water partition coefficient (Wildman–Crippen LogP) is 2.80. The van der Waals surface area contributed by atoms with Crippen LogP contribution in [0.25, 0.3) is 0 Å². The van der Waals surface area contributed by atoms with Crippen LogP contribution in [0, 0.1) is 0 Å². The highest BCUT2D eigenvalue weighted by atomic mass is 16.7. The molecule has 0 fully saturated rings. The zero-order valence-electron chi connectivity index (χ0n) is 11.0. The van der Waals surface area contributed by atoms with Gasteiger partial charge in [0.15, 0.2) is 0 Å². The summed E-state index contributed by atoms with van der Waals surface area (Å²) in [7, 11) is 0. The van der Waals surface area contributed by atoms with Gasteiger partial charge in [0.2, 0.25) is 0 Å². The molecule has 104 valence electrons. The van der Waals surface area contributed by atoms with Gasteiger partial charge < -0.3 is 14.2 Å². The number of esters is 1. The maximum atomic E-state index is 11.5. The van der Waals surface area contributed by atoms with Crippen molar-refractivity contribution in [3.05, 3.63) is 35.9 Å². The molecule has 0 aliphatic heterocycles. The number of hydrogen-bond acceptors (Lipinski definition) is 5. The lowest BCUT2D eigenvalue weighted by atomic mass is 10.2. The van der Waals surface area contributed by atoms with Crippen LogP contribution in [0.4, 0.5) is 4.79 Å². The van der Waals surface area contributed by atoms with E-state index in [-0.39, 0.29) is 12.6 Å². The Labute approximate surface area is 112 Å². The van der Waals surface area contributed by atoms with Crippen LogP contribution in [0.3, 0.4) is 0 Å². The molecular weight excluding hydrogens is 248 g/mol. The van der Waals surface area contributed by atoms with Crippen LogP contribution in [-0.2, 0) is 14.2 Å². The maximum Gasteiger partial charge on any atom is 0.508 e. The summed E-state index contributed by atoms with van der Waals surface area (Å²) in [6.07, 6.45) is 0.600.